The van der Waals surface area contributed by atoms with E-state index in [0.29, 0.717) is 36.2 Å². The first-order valence-corrected chi connectivity index (χ1v) is 11.2. The second kappa shape index (κ2) is 9.05. The standard InChI is InChI=1S/C20H27N3O6S/c1-13(2)19(20(24)23(4)12-15-10-14(3)29-21-15)22-30(25,26)16-6-7-17-18(11-16)28-9-5-8-27-17/h6-7,10-11,13,19,22H,5,8-9,12H2,1-4H3. The van der Waals surface area contributed by atoms with Crippen LogP contribution in [0.4, 0.5) is 0 Å². The molecule has 0 saturated heterocycles. The second-order valence-corrected chi connectivity index (χ2v) is 9.34. The lowest BCUT2D eigenvalue weighted by Gasteiger charge is -2.26. The normalized spacial score (nSPS) is 15.0. The smallest absolute Gasteiger partial charge is 0.241 e. The summed E-state index contributed by atoms with van der Waals surface area (Å²) in [6.45, 7) is 6.51. The Morgan fingerprint density at radius 1 is 1.20 bits per heavy atom. The van der Waals surface area contributed by atoms with Gasteiger partial charge in [-0.3, -0.25) is 4.79 Å². The van der Waals surface area contributed by atoms with Gasteiger partial charge in [0, 0.05) is 25.6 Å². The average Bonchev–Trinajstić information content (AvgIpc) is 2.96. The van der Waals surface area contributed by atoms with Crippen LogP contribution >= 0.6 is 0 Å². The summed E-state index contributed by atoms with van der Waals surface area (Å²) in [4.78, 5) is 14.4. The average molecular weight is 438 g/mol. The largest absolute Gasteiger partial charge is 0.490 e. The van der Waals surface area contributed by atoms with Gasteiger partial charge in [0.05, 0.1) is 24.7 Å². The SMILES string of the molecule is Cc1cc(CN(C)C(=O)C(NS(=O)(=O)c2ccc3c(c2)OCCCO3)C(C)C)no1. The van der Waals surface area contributed by atoms with Gasteiger partial charge >= 0.3 is 0 Å². The van der Waals surface area contributed by atoms with Gasteiger partial charge in [-0.15, -0.1) is 0 Å². The highest BCUT2D eigenvalue weighted by molar-refractivity contribution is 7.89. The maximum atomic E-state index is 13.0. The highest BCUT2D eigenvalue weighted by atomic mass is 32.2. The van der Waals surface area contributed by atoms with Crippen LogP contribution in [0.5, 0.6) is 11.5 Å². The summed E-state index contributed by atoms with van der Waals surface area (Å²) in [6.07, 6.45) is 0.719. The van der Waals surface area contributed by atoms with Gasteiger partial charge in [0.25, 0.3) is 0 Å². The lowest BCUT2D eigenvalue weighted by Crippen LogP contribution is -2.49. The molecule has 1 aromatic carbocycles. The second-order valence-electron chi connectivity index (χ2n) is 7.63. The van der Waals surface area contributed by atoms with Crippen LogP contribution in [0.2, 0.25) is 0 Å². The molecule has 0 spiro atoms. The summed E-state index contributed by atoms with van der Waals surface area (Å²) in [5, 5.41) is 3.88. The Bertz CT molecular complexity index is 1000. The minimum Gasteiger partial charge on any atom is -0.490 e. The van der Waals surface area contributed by atoms with Crippen LogP contribution in [-0.4, -0.2) is 50.7 Å². The molecular weight excluding hydrogens is 410 g/mol. The van der Waals surface area contributed by atoms with Crippen molar-refractivity contribution in [3.05, 3.63) is 35.7 Å². The van der Waals surface area contributed by atoms with Gasteiger partial charge in [0.1, 0.15) is 17.5 Å². The first kappa shape index (κ1) is 22.1. The van der Waals surface area contributed by atoms with E-state index in [4.69, 9.17) is 14.0 Å². The van der Waals surface area contributed by atoms with E-state index in [-0.39, 0.29) is 23.3 Å². The van der Waals surface area contributed by atoms with E-state index < -0.39 is 16.1 Å². The molecule has 10 heteroatoms. The molecule has 164 valence electrons. The Kier molecular flexibility index (Phi) is 6.67. The van der Waals surface area contributed by atoms with Crippen LogP contribution in [0.25, 0.3) is 0 Å². The maximum absolute atomic E-state index is 13.0. The number of carbonyl (C=O) groups is 1. The number of sulfonamides is 1. The Morgan fingerprint density at radius 3 is 2.53 bits per heavy atom. The third kappa shape index (κ3) is 5.11. The van der Waals surface area contributed by atoms with Crippen molar-refractivity contribution in [3.63, 3.8) is 0 Å². The summed E-state index contributed by atoms with van der Waals surface area (Å²) in [6, 6.07) is 5.23. The Morgan fingerprint density at radius 2 is 1.90 bits per heavy atom. The van der Waals surface area contributed by atoms with Crippen molar-refractivity contribution in [2.24, 2.45) is 5.92 Å². The molecule has 0 aliphatic carbocycles. The van der Waals surface area contributed by atoms with Crippen LogP contribution < -0.4 is 14.2 Å². The molecule has 0 radical (unpaired) electrons. The van der Waals surface area contributed by atoms with E-state index in [1.807, 2.05) is 0 Å². The number of rotatable bonds is 7. The first-order valence-electron chi connectivity index (χ1n) is 9.76. The van der Waals surface area contributed by atoms with Crippen molar-refractivity contribution in [2.45, 2.75) is 44.7 Å². The van der Waals surface area contributed by atoms with Gasteiger partial charge in [-0.25, -0.2) is 8.42 Å². The first-order chi connectivity index (χ1) is 14.2. The number of nitrogens with one attached hydrogen (secondary N) is 1. The molecule has 1 N–H and O–H groups in total. The number of nitrogens with zero attached hydrogens (tertiary/aromatic N) is 2. The molecule has 0 saturated carbocycles. The molecule has 2 aromatic rings. The van der Waals surface area contributed by atoms with Crippen molar-refractivity contribution >= 4 is 15.9 Å². The van der Waals surface area contributed by atoms with E-state index in [2.05, 4.69) is 9.88 Å². The van der Waals surface area contributed by atoms with Gasteiger partial charge in [-0.05, 0) is 25.0 Å². The maximum Gasteiger partial charge on any atom is 0.241 e. The third-order valence-corrected chi connectivity index (χ3v) is 6.14. The van der Waals surface area contributed by atoms with Crippen LogP contribution in [0.1, 0.15) is 31.7 Å². The molecule has 1 aromatic heterocycles. The van der Waals surface area contributed by atoms with Crippen molar-refractivity contribution in [1.29, 1.82) is 0 Å². The van der Waals surface area contributed by atoms with Gasteiger partial charge in [0.15, 0.2) is 11.5 Å². The predicted octanol–water partition coefficient (Wildman–Crippen LogP) is 2.11. The Hall–Kier alpha value is -2.59. The van der Waals surface area contributed by atoms with E-state index in [0.717, 1.165) is 6.42 Å². The molecule has 0 fully saturated rings. The van der Waals surface area contributed by atoms with E-state index >= 15 is 0 Å². The highest BCUT2D eigenvalue weighted by Crippen LogP contribution is 2.32. The number of hydrogen-bond acceptors (Lipinski definition) is 7. The highest BCUT2D eigenvalue weighted by Gasteiger charge is 2.31. The summed E-state index contributed by atoms with van der Waals surface area (Å²) >= 11 is 0. The fourth-order valence-electron chi connectivity index (χ4n) is 3.07. The molecule has 3 rings (SSSR count). The van der Waals surface area contributed by atoms with Crippen molar-refractivity contribution in [1.82, 2.24) is 14.8 Å². The minimum absolute atomic E-state index is 0.0139. The number of amides is 1. The Labute approximate surface area is 176 Å². The number of fused-ring (bicyclic) bond motifs is 1. The predicted molar refractivity (Wildman–Crippen MR) is 109 cm³/mol. The van der Waals surface area contributed by atoms with Crippen molar-refractivity contribution < 1.29 is 27.2 Å². The number of aromatic nitrogens is 1. The quantitative estimate of drug-likeness (QED) is 0.706. The van der Waals surface area contributed by atoms with E-state index in [9.17, 15) is 13.2 Å². The molecule has 0 bridgehead atoms. The molecule has 1 atom stereocenters. The summed E-state index contributed by atoms with van der Waals surface area (Å²) in [5.74, 6) is 0.894. The van der Waals surface area contributed by atoms with Gasteiger partial charge < -0.3 is 18.9 Å². The van der Waals surface area contributed by atoms with Gasteiger partial charge in [-0.1, -0.05) is 19.0 Å². The topological polar surface area (TPSA) is 111 Å². The summed E-state index contributed by atoms with van der Waals surface area (Å²) in [5.41, 5.74) is 0.594. The molecular formula is C20H27N3O6S. The lowest BCUT2D eigenvalue weighted by atomic mass is 10.0. The molecule has 9 nitrogen and oxygen atoms in total. The summed E-state index contributed by atoms with van der Waals surface area (Å²) < 4.78 is 44.7. The number of benzene rings is 1. The molecule has 1 unspecified atom stereocenters. The van der Waals surface area contributed by atoms with Crippen LogP contribution in [0, 0.1) is 12.8 Å². The molecule has 1 aliphatic rings. The van der Waals surface area contributed by atoms with Crippen LogP contribution in [0.3, 0.4) is 0 Å². The monoisotopic (exact) mass is 437 g/mol. The molecule has 2 heterocycles. The number of aryl methyl sites for hydroxylation is 1. The van der Waals surface area contributed by atoms with Crippen LogP contribution in [0.15, 0.2) is 33.7 Å². The number of ether oxygens (including phenoxy) is 2. The van der Waals surface area contributed by atoms with Crippen molar-refractivity contribution in [3.8, 4) is 11.5 Å². The number of carbonyl (C=O) groups excluding carboxylic acids is 1. The third-order valence-electron chi connectivity index (χ3n) is 4.70. The number of hydrogen-bond donors (Lipinski definition) is 1. The zero-order valence-electron chi connectivity index (χ0n) is 17.5. The molecule has 1 aliphatic heterocycles. The zero-order valence-corrected chi connectivity index (χ0v) is 18.4. The van der Waals surface area contributed by atoms with Crippen LogP contribution in [-0.2, 0) is 21.4 Å². The number of likely N-dealkylation sites (N-methyl/N-ethyl adjacent to an activating group) is 1. The van der Waals surface area contributed by atoms with Gasteiger partial charge in [0.2, 0.25) is 15.9 Å². The lowest BCUT2D eigenvalue weighted by molar-refractivity contribution is -0.133. The van der Waals surface area contributed by atoms with E-state index in [1.165, 1.54) is 17.0 Å². The fourth-order valence-corrected chi connectivity index (χ4v) is 4.42. The Balaban J connectivity index is 1.78. The van der Waals surface area contributed by atoms with Gasteiger partial charge in [-0.2, -0.15) is 4.72 Å². The molecule has 1 amide bonds. The summed E-state index contributed by atoms with van der Waals surface area (Å²) in [7, 11) is -2.36. The molecule has 30 heavy (non-hydrogen) atoms. The zero-order chi connectivity index (χ0) is 21.9. The fraction of sp³-hybridized carbons (Fsp3) is 0.500. The minimum atomic E-state index is -3.96. The van der Waals surface area contributed by atoms with Crippen molar-refractivity contribution in [2.75, 3.05) is 20.3 Å². The van der Waals surface area contributed by atoms with E-state index in [1.54, 1.807) is 40.0 Å².